The van der Waals surface area contributed by atoms with Gasteiger partial charge in [0.25, 0.3) is 0 Å². The highest BCUT2D eigenvalue weighted by atomic mass is 32.2. The first-order chi connectivity index (χ1) is 14.3. The second-order valence-corrected chi connectivity index (χ2v) is 10.8. The smallest absolute Gasteiger partial charge is 0.133 e. The Hall–Kier alpha value is -2.14. The van der Waals surface area contributed by atoms with E-state index in [1.54, 1.807) is 0 Å². The van der Waals surface area contributed by atoms with Gasteiger partial charge < -0.3 is 9.84 Å². The molecule has 0 amide bonds. The molecule has 0 radical (unpaired) electrons. The number of hydrogen-bond donors (Lipinski definition) is 1. The molecule has 1 heterocycles. The maximum atomic E-state index is 12.6. The van der Waals surface area contributed by atoms with E-state index in [4.69, 9.17) is 4.74 Å². The summed E-state index contributed by atoms with van der Waals surface area (Å²) in [4.78, 5) is 13.0. The predicted molar refractivity (Wildman–Crippen MR) is 119 cm³/mol. The van der Waals surface area contributed by atoms with Crippen molar-refractivity contribution in [3.05, 3.63) is 53.6 Å². The molecule has 30 heavy (non-hydrogen) atoms. The number of carbonyl (C=O) groups is 1. The van der Waals surface area contributed by atoms with Crippen LogP contribution in [0.3, 0.4) is 0 Å². The summed E-state index contributed by atoms with van der Waals surface area (Å²) >= 11 is 0. The first kappa shape index (κ1) is 21.1. The normalized spacial score (nSPS) is 24.3. The monoisotopic (exact) mass is 426 g/mol. The molecule has 2 aromatic carbocycles. The molecule has 5 heteroatoms. The topological polar surface area (TPSA) is 63.6 Å². The second kappa shape index (κ2) is 8.18. The molecule has 0 aromatic heterocycles. The molecule has 0 bridgehead atoms. The van der Waals surface area contributed by atoms with Crippen molar-refractivity contribution in [2.24, 2.45) is 5.92 Å². The lowest BCUT2D eigenvalue weighted by Crippen LogP contribution is -2.47. The van der Waals surface area contributed by atoms with Crippen molar-refractivity contribution < 1.29 is 18.8 Å². The number of rotatable bonds is 5. The van der Waals surface area contributed by atoms with Crippen LogP contribution in [0.25, 0.3) is 0 Å². The van der Waals surface area contributed by atoms with E-state index in [2.05, 4.69) is 20.8 Å². The Morgan fingerprint density at radius 3 is 2.70 bits per heavy atom. The summed E-state index contributed by atoms with van der Waals surface area (Å²) in [6.07, 6.45) is 2.62. The molecule has 4 nitrogen and oxygen atoms in total. The number of hydrogen-bond acceptors (Lipinski definition) is 4. The number of aromatic hydroxyl groups is 1. The Labute approximate surface area is 181 Å². The minimum Gasteiger partial charge on any atom is -0.508 e. The van der Waals surface area contributed by atoms with Crippen LogP contribution in [-0.4, -0.2) is 26.5 Å². The minimum atomic E-state index is -1.04. The van der Waals surface area contributed by atoms with Crippen molar-refractivity contribution in [2.45, 2.75) is 68.8 Å². The number of phenolic OH excluding ortho intramolecular Hbond substituents is 1. The SMILES string of the molecule is CC(CCS(=O)c1ccccc1)c1cc(O)c2c(c1)OC(C)(C)C1CCC(=O)CC21. The predicted octanol–water partition coefficient (Wildman–Crippen LogP) is 5.32. The molecular formula is C25H30O4S. The molecule has 0 saturated heterocycles. The fourth-order valence-electron chi connectivity index (χ4n) is 5.02. The van der Waals surface area contributed by atoms with E-state index < -0.39 is 10.8 Å². The molecule has 1 aliphatic heterocycles. The van der Waals surface area contributed by atoms with Crippen LogP contribution in [0.4, 0.5) is 0 Å². The first-order valence-electron chi connectivity index (χ1n) is 10.8. The van der Waals surface area contributed by atoms with Gasteiger partial charge in [-0.15, -0.1) is 0 Å². The summed E-state index contributed by atoms with van der Waals surface area (Å²) in [5.41, 5.74) is 1.39. The maximum absolute atomic E-state index is 12.6. The summed E-state index contributed by atoms with van der Waals surface area (Å²) in [5, 5.41) is 10.9. The quantitative estimate of drug-likeness (QED) is 0.703. The van der Waals surface area contributed by atoms with Gasteiger partial charge in [-0.3, -0.25) is 9.00 Å². The number of fused-ring (bicyclic) bond motifs is 3. The van der Waals surface area contributed by atoms with Gasteiger partial charge >= 0.3 is 0 Å². The highest BCUT2D eigenvalue weighted by molar-refractivity contribution is 7.85. The first-order valence-corrected chi connectivity index (χ1v) is 12.1. The van der Waals surface area contributed by atoms with Gasteiger partial charge in [0.15, 0.2) is 0 Å². The van der Waals surface area contributed by atoms with Gasteiger partial charge in [0.1, 0.15) is 22.9 Å². The molecule has 2 aromatic rings. The van der Waals surface area contributed by atoms with Crippen molar-refractivity contribution in [1.29, 1.82) is 0 Å². The molecule has 0 spiro atoms. The lowest BCUT2D eigenvalue weighted by molar-refractivity contribution is -0.124. The largest absolute Gasteiger partial charge is 0.508 e. The molecule has 2 aliphatic rings. The van der Waals surface area contributed by atoms with Gasteiger partial charge in [-0.05, 0) is 62.4 Å². The Bertz CT molecular complexity index is 967. The van der Waals surface area contributed by atoms with Crippen LogP contribution < -0.4 is 4.74 Å². The number of benzene rings is 2. The number of ether oxygens (including phenoxy) is 1. The molecule has 1 aliphatic carbocycles. The summed E-state index contributed by atoms with van der Waals surface area (Å²) in [6, 6.07) is 13.3. The van der Waals surface area contributed by atoms with Crippen LogP contribution in [0.2, 0.25) is 0 Å². The van der Waals surface area contributed by atoms with E-state index in [1.165, 1.54) is 0 Å². The third kappa shape index (κ3) is 4.04. The van der Waals surface area contributed by atoms with E-state index in [1.807, 2.05) is 42.5 Å². The Balaban J connectivity index is 1.56. The fourth-order valence-corrected chi connectivity index (χ4v) is 6.28. The van der Waals surface area contributed by atoms with Crippen LogP contribution in [0.15, 0.2) is 47.4 Å². The standard InChI is InChI=1S/C25H30O4S/c1-16(11-12-30(28)19-7-5-4-6-8-19)17-13-22(27)24-20-15-18(26)9-10-21(20)25(2,3)29-23(24)14-17/h4-8,13-14,16,20-21,27H,9-12,15H2,1-3H3. The van der Waals surface area contributed by atoms with Gasteiger partial charge in [0.2, 0.25) is 0 Å². The van der Waals surface area contributed by atoms with E-state index in [9.17, 15) is 14.1 Å². The number of carbonyl (C=O) groups excluding carboxylic acids is 1. The Morgan fingerprint density at radius 1 is 1.23 bits per heavy atom. The molecule has 4 unspecified atom stereocenters. The fraction of sp³-hybridized carbons (Fsp3) is 0.480. The van der Waals surface area contributed by atoms with Crippen LogP contribution in [0.5, 0.6) is 11.5 Å². The molecule has 4 atom stereocenters. The molecule has 1 fully saturated rings. The van der Waals surface area contributed by atoms with Crippen molar-refractivity contribution in [1.82, 2.24) is 0 Å². The number of phenols is 1. The van der Waals surface area contributed by atoms with Gasteiger partial charge in [0, 0.05) is 40.9 Å². The third-order valence-corrected chi connectivity index (χ3v) is 8.16. The Morgan fingerprint density at radius 2 is 1.97 bits per heavy atom. The van der Waals surface area contributed by atoms with Gasteiger partial charge in [-0.1, -0.05) is 25.1 Å². The highest BCUT2D eigenvalue weighted by Crippen LogP contribution is 2.54. The van der Waals surface area contributed by atoms with Crippen LogP contribution in [0.1, 0.15) is 69.4 Å². The van der Waals surface area contributed by atoms with E-state index in [-0.39, 0.29) is 34.9 Å². The van der Waals surface area contributed by atoms with E-state index in [0.29, 0.717) is 24.3 Å². The van der Waals surface area contributed by atoms with Gasteiger partial charge in [-0.25, -0.2) is 0 Å². The van der Waals surface area contributed by atoms with Crippen molar-refractivity contribution in [2.75, 3.05) is 5.75 Å². The van der Waals surface area contributed by atoms with Gasteiger partial charge in [0.05, 0.1) is 10.8 Å². The maximum Gasteiger partial charge on any atom is 0.133 e. The van der Waals surface area contributed by atoms with Crippen LogP contribution >= 0.6 is 0 Å². The lowest BCUT2D eigenvalue weighted by Gasteiger charge is -2.47. The van der Waals surface area contributed by atoms with Crippen LogP contribution in [-0.2, 0) is 15.6 Å². The minimum absolute atomic E-state index is 0.0138. The zero-order valence-corrected chi connectivity index (χ0v) is 18.7. The lowest BCUT2D eigenvalue weighted by atomic mass is 9.66. The second-order valence-electron chi connectivity index (χ2n) is 9.20. The molecule has 1 N–H and O–H groups in total. The molecule has 1 saturated carbocycles. The van der Waals surface area contributed by atoms with Gasteiger partial charge in [-0.2, -0.15) is 0 Å². The van der Waals surface area contributed by atoms with Crippen molar-refractivity contribution >= 4 is 16.6 Å². The van der Waals surface area contributed by atoms with E-state index in [0.717, 1.165) is 28.9 Å². The zero-order valence-electron chi connectivity index (χ0n) is 17.9. The zero-order chi connectivity index (χ0) is 21.5. The van der Waals surface area contributed by atoms with Crippen molar-refractivity contribution in [3.63, 3.8) is 0 Å². The van der Waals surface area contributed by atoms with Crippen molar-refractivity contribution in [3.8, 4) is 11.5 Å². The number of ketones is 1. The summed E-state index contributed by atoms with van der Waals surface area (Å²) in [5.74, 6) is 2.12. The number of Topliss-reactive ketones (excluding diaryl/α,β-unsaturated/α-hetero) is 1. The average Bonchev–Trinajstić information content (AvgIpc) is 2.71. The molecular weight excluding hydrogens is 396 g/mol. The summed E-state index contributed by atoms with van der Waals surface area (Å²) in [7, 11) is -1.04. The van der Waals surface area contributed by atoms with E-state index >= 15 is 0 Å². The third-order valence-electron chi connectivity index (χ3n) is 6.76. The Kier molecular flexibility index (Phi) is 5.75. The highest BCUT2D eigenvalue weighted by Gasteiger charge is 2.47. The average molecular weight is 427 g/mol. The summed E-state index contributed by atoms with van der Waals surface area (Å²) in [6.45, 7) is 6.25. The summed E-state index contributed by atoms with van der Waals surface area (Å²) < 4.78 is 18.9. The molecule has 4 rings (SSSR count). The molecule has 160 valence electrons. The van der Waals surface area contributed by atoms with Crippen LogP contribution in [0, 0.1) is 5.92 Å².